The van der Waals surface area contributed by atoms with E-state index in [4.69, 9.17) is 11.6 Å². The SMILES string of the molecule is Cn1c(=O)c(N2CCN(C(=O)Cc3ccc(Cl)cc3)CC2)nc2ccncc21. The van der Waals surface area contributed by atoms with E-state index in [2.05, 4.69) is 9.97 Å². The molecule has 0 spiro atoms. The number of carbonyl (C=O) groups is 1. The molecule has 1 saturated heterocycles. The largest absolute Gasteiger partial charge is 0.348 e. The fraction of sp³-hybridized carbons (Fsp3) is 0.300. The van der Waals surface area contributed by atoms with Gasteiger partial charge in [-0.1, -0.05) is 23.7 Å². The van der Waals surface area contributed by atoms with Gasteiger partial charge in [0.1, 0.15) is 0 Å². The quantitative estimate of drug-likeness (QED) is 0.674. The van der Waals surface area contributed by atoms with Gasteiger partial charge >= 0.3 is 0 Å². The molecule has 1 aliphatic heterocycles. The van der Waals surface area contributed by atoms with Crippen molar-refractivity contribution < 1.29 is 4.79 Å². The molecule has 1 amide bonds. The van der Waals surface area contributed by atoms with Crippen LogP contribution in [-0.4, -0.2) is 51.5 Å². The number of carbonyl (C=O) groups excluding carboxylic acids is 1. The Labute approximate surface area is 167 Å². The number of pyridine rings is 1. The van der Waals surface area contributed by atoms with Crippen LogP contribution in [0.2, 0.25) is 5.02 Å². The van der Waals surface area contributed by atoms with Crippen LogP contribution in [0.1, 0.15) is 5.56 Å². The molecule has 3 heterocycles. The van der Waals surface area contributed by atoms with Gasteiger partial charge in [0.15, 0.2) is 5.82 Å². The number of anilines is 1. The van der Waals surface area contributed by atoms with Crippen molar-refractivity contribution >= 4 is 34.4 Å². The molecule has 3 aromatic rings. The van der Waals surface area contributed by atoms with Crippen molar-refractivity contribution in [3.8, 4) is 0 Å². The second-order valence-corrected chi connectivity index (χ2v) is 7.27. The van der Waals surface area contributed by atoms with Crippen molar-refractivity contribution in [3.05, 3.63) is 63.7 Å². The fourth-order valence-electron chi connectivity index (χ4n) is 3.42. The number of piperazine rings is 1. The minimum Gasteiger partial charge on any atom is -0.348 e. The minimum atomic E-state index is -0.151. The molecule has 1 aliphatic rings. The first kappa shape index (κ1) is 18.4. The zero-order chi connectivity index (χ0) is 19.7. The molecule has 2 aromatic heterocycles. The lowest BCUT2D eigenvalue weighted by Crippen LogP contribution is -2.51. The lowest BCUT2D eigenvalue weighted by Gasteiger charge is -2.35. The molecule has 1 aromatic carbocycles. The van der Waals surface area contributed by atoms with Crippen molar-refractivity contribution in [2.75, 3.05) is 31.1 Å². The lowest BCUT2D eigenvalue weighted by molar-refractivity contribution is -0.130. The Morgan fingerprint density at radius 2 is 1.82 bits per heavy atom. The van der Waals surface area contributed by atoms with E-state index >= 15 is 0 Å². The molecule has 0 bridgehead atoms. The first-order chi connectivity index (χ1) is 13.5. The number of benzene rings is 1. The van der Waals surface area contributed by atoms with Gasteiger partial charge in [0, 0.05) is 44.4 Å². The number of hydrogen-bond acceptors (Lipinski definition) is 5. The summed E-state index contributed by atoms with van der Waals surface area (Å²) in [6.07, 6.45) is 3.65. The normalized spacial score (nSPS) is 14.5. The highest BCUT2D eigenvalue weighted by atomic mass is 35.5. The first-order valence-electron chi connectivity index (χ1n) is 9.11. The number of fused-ring (bicyclic) bond motifs is 1. The number of aryl methyl sites for hydroxylation is 1. The summed E-state index contributed by atoms with van der Waals surface area (Å²) in [6, 6.07) is 9.11. The second kappa shape index (κ2) is 7.59. The van der Waals surface area contributed by atoms with Crippen LogP contribution < -0.4 is 10.5 Å². The van der Waals surface area contributed by atoms with Crippen LogP contribution >= 0.6 is 11.6 Å². The summed E-state index contributed by atoms with van der Waals surface area (Å²) in [5.41, 5.74) is 2.22. The second-order valence-electron chi connectivity index (χ2n) is 6.84. The van der Waals surface area contributed by atoms with Gasteiger partial charge in [-0.15, -0.1) is 0 Å². The highest BCUT2D eigenvalue weighted by Crippen LogP contribution is 2.16. The summed E-state index contributed by atoms with van der Waals surface area (Å²) in [6.45, 7) is 2.27. The smallest absolute Gasteiger partial charge is 0.293 e. The highest BCUT2D eigenvalue weighted by Gasteiger charge is 2.24. The standard InChI is InChI=1S/C20H20ClN5O2/c1-24-17-13-22-7-6-16(17)23-19(20(24)28)26-10-8-25(9-11-26)18(27)12-14-2-4-15(21)5-3-14/h2-7,13H,8-12H2,1H3. The number of halogens is 1. The van der Waals surface area contributed by atoms with E-state index < -0.39 is 0 Å². The molecule has 8 heteroatoms. The molecule has 0 radical (unpaired) electrons. The number of amides is 1. The van der Waals surface area contributed by atoms with Crippen molar-refractivity contribution in [3.63, 3.8) is 0 Å². The van der Waals surface area contributed by atoms with E-state index in [-0.39, 0.29) is 11.5 Å². The summed E-state index contributed by atoms with van der Waals surface area (Å²) < 4.78 is 1.57. The summed E-state index contributed by atoms with van der Waals surface area (Å²) in [7, 11) is 1.73. The van der Waals surface area contributed by atoms with Crippen molar-refractivity contribution in [1.29, 1.82) is 0 Å². The van der Waals surface area contributed by atoms with Gasteiger partial charge in [-0.05, 0) is 23.8 Å². The Hall–Kier alpha value is -2.93. The van der Waals surface area contributed by atoms with Gasteiger partial charge in [0.2, 0.25) is 5.91 Å². The Morgan fingerprint density at radius 1 is 1.11 bits per heavy atom. The predicted octanol–water partition coefficient (Wildman–Crippen LogP) is 1.87. The number of rotatable bonds is 3. The molecule has 0 aliphatic carbocycles. The van der Waals surface area contributed by atoms with E-state index in [1.165, 1.54) is 0 Å². The van der Waals surface area contributed by atoms with Gasteiger partial charge in [-0.2, -0.15) is 0 Å². The lowest BCUT2D eigenvalue weighted by atomic mass is 10.1. The molecule has 0 N–H and O–H groups in total. The molecular formula is C20H20ClN5O2. The molecule has 0 unspecified atom stereocenters. The molecule has 144 valence electrons. The van der Waals surface area contributed by atoms with Crippen molar-refractivity contribution in [2.24, 2.45) is 7.05 Å². The minimum absolute atomic E-state index is 0.0763. The third kappa shape index (κ3) is 3.57. The molecule has 0 atom stereocenters. The number of aromatic nitrogens is 3. The third-order valence-electron chi connectivity index (χ3n) is 5.06. The van der Waals surface area contributed by atoms with Gasteiger partial charge in [-0.3, -0.25) is 14.6 Å². The van der Waals surface area contributed by atoms with E-state index in [0.717, 1.165) is 11.1 Å². The van der Waals surface area contributed by atoms with Crippen LogP contribution in [0, 0.1) is 0 Å². The fourth-order valence-corrected chi connectivity index (χ4v) is 3.54. The summed E-state index contributed by atoms with van der Waals surface area (Å²) in [5, 5.41) is 0.657. The first-order valence-corrected chi connectivity index (χ1v) is 9.48. The molecule has 7 nitrogen and oxygen atoms in total. The maximum Gasteiger partial charge on any atom is 0.293 e. The predicted molar refractivity (Wildman–Crippen MR) is 109 cm³/mol. The summed E-state index contributed by atoms with van der Waals surface area (Å²) in [5.74, 6) is 0.499. The van der Waals surface area contributed by atoms with E-state index in [1.807, 2.05) is 21.9 Å². The van der Waals surface area contributed by atoms with E-state index in [1.54, 1.807) is 42.2 Å². The van der Waals surface area contributed by atoms with Gasteiger partial charge < -0.3 is 14.4 Å². The highest BCUT2D eigenvalue weighted by molar-refractivity contribution is 6.30. The molecule has 1 fully saturated rings. The maximum atomic E-state index is 12.7. The molecule has 4 rings (SSSR count). The Kier molecular flexibility index (Phi) is 5.00. The Bertz CT molecular complexity index is 1070. The molecule has 28 heavy (non-hydrogen) atoms. The average Bonchev–Trinajstić information content (AvgIpc) is 2.72. The molecule has 0 saturated carbocycles. The maximum absolute atomic E-state index is 12.7. The van der Waals surface area contributed by atoms with Crippen LogP contribution in [0.5, 0.6) is 0 Å². The topological polar surface area (TPSA) is 71.3 Å². The monoisotopic (exact) mass is 397 g/mol. The zero-order valence-corrected chi connectivity index (χ0v) is 16.3. The summed E-state index contributed by atoms with van der Waals surface area (Å²) >= 11 is 5.89. The van der Waals surface area contributed by atoms with E-state index in [0.29, 0.717) is 49.0 Å². The zero-order valence-electron chi connectivity index (χ0n) is 15.5. The van der Waals surface area contributed by atoms with Gasteiger partial charge in [-0.25, -0.2) is 4.98 Å². The average molecular weight is 398 g/mol. The third-order valence-corrected chi connectivity index (χ3v) is 5.31. The van der Waals surface area contributed by atoms with Crippen LogP contribution in [0.15, 0.2) is 47.5 Å². The van der Waals surface area contributed by atoms with Gasteiger partial charge in [0.25, 0.3) is 5.56 Å². The summed E-state index contributed by atoms with van der Waals surface area (Å²) in [4.78, 5) is 37.7. The van der Waals surface area contributed by atoms with Crippen molar-refractivity contribution in [2.45, 2.75) is 6.42 Å². The van der Waals surface area contributed by atoms with Crippen LogP contribution in [0.4, 0.5) is 5.82 Å². The van der Waals surface area contributed by atoms with Crippen LogP contribution in [0.25, 0.3) is 11.0 Å². The van der Waals surface area contributed by atoms with Gasteiger partial charge in [0.05, 0.1) is 23.7 Å². The number of hydrogen-bond donors (Lipinski definition) is 0. The van der Waals surface area contributed by atoms with Crippen LogP contribution in [-0.2, 0) is 18.3 Å². The Balaban J connectivity index is 1.46. The number of nitrogens with zero attached hydrogens (tertiary/aromatic N) is 5. The Morgan fingerprint density at radius 3 is 2.54 bits per heavy atom. The van der Waals surface area contributed by atoms with E-state index in [9.17, 15) is 9.59 Å². The molecular weight excluding hydrogens is 378 g/mol. The van der Waals surface area contributed by atoms with Crippen LogP contribution in [0.3, 0.4) is 0 Å². The van der Waals surface area contributed by atoms with Crippen molar-refractivity contribution in [1.82, 2.24) is 19.4 Å².